The standard InChI is InChI=1S/C16H24N2O3/c1-3-20-14(21-4-2)11-18-16(19)15-13-8-6-5-7-12(13)9-10-17-15/h5-8,14-15,17H,3-4,9-11H2,1-2H3,(H,18,19). The van der Waals surface area contributed by atoms with Gasteiger partial charge in [0.15, 0.2) is 6.29 Å². The fraction of sp³-hybridized carbons (Fsp3) is 0.562. The summed E-state index contributed by atoms with van der Waals surface area (Å²) in [6, 6.07) is 7.78. The number of fused-ring (bicyclic) bond motifs is 1. The minimum Gasteiger partial charge on any atom is -0.351 e. The molecule has 1 atom stereocenters. The third-order valence-corrected chi connectivity index (χ3v) is 3.52. The average molecular weight is 292 g/mol. The van der Waals surface area contributed by atoms with E-state index in [-0.39, 0.29) is 18.2 Å². The lowest BCUT2D eigenvalue weighted by Crippen LogP contribution is -2.44. The molecule has 0 spiro atoms. The topological polar surface area (TPSA) is 59.6 Å². The molecule has 5 heteroatoms. The second kappa shape index (κ2) is 8.12. The van der Waals surface area contributed by atoms with E-state index in [1.807, 2.05) is 32.0 Å². The number of carbonyl (C=O) groups is 1. The molecule has 0 fully saturated rings. The number of hydrogen-bond acceptors (Lipinski definition) is 4. The molecule has 1 unspecified atom stereocenters. The van der Waals surface area contributed by atoms with E-state index in [2.05, 4.69) is 16.7 Å². The van der Waals surface area contributed by atoms with Crippen LogP contribution in [0.15, 0.2) is 24.3 Å². The van der Waals surface area contributed by atoms with Crippen molar-refractivity contribution in [1.82, 2.24) is 10.6 Å². The molecule has 0 saturated carbocycles. The van der Waals surface area contributed by atoms with Crippen molar-refractivity contribution in [2.24, 2.45) is 0 Å². The first-order valence-corrected chi connectivity index (χ1v) is 7.58. The van der Waals surface area contributed by atoms with Crippen LogP contribution in [-0.4, -0.2) is 38.5 Å². The number of amides is 1. The Bertz CT molecular complexity index is 459. The van der Waals surface area contributed by atoms with E-state index in [0.717, 1.165) is 18.5 Å². The van der Waals surface area contributed by atoms with Crippen molar-refractivity contribution in [3.63, 3.8) is 0 Å². The van der Waals surface area contributed by atoms with E-state index < -0.39 is 0 Å². The predicted molar refractivity (Wildman–Crippen MR) is 80.9 cm³/mol. The zero-order valence-electron chi connectivity index (χ0n) is 12.7. The van der Waals surface area contributed by atoms with Crippen LogP contribution in [0.3, 0.4) is 0 Å². The molecule has 1 amide bonds. The molecule has 0 radical (unpaired) electrons. The van der Waals surface area contributed by atoms with Gasteiger partial charge in [0.1, 0.15) is 6.04 Å². The molecule has 21 heavy (non-hydrogen) atoms. The van der Waals surface area contributed by atoms with Gasteiger partial charge in [0.2, 0.25) is 5.91 Å². The number of rotatable bonds is 7. The summed E-state index contributed by atoms with van der Waals surface area (Å²) >= 11 is 0. The van der Waals surface area contributed by atoms with Gasteiger partial charge in [-0.3, -0.25) is 4.79 Å². The number of hydrogen-bond donors (Lipinski definition) is 2. The minimum atomic E-state index is -0.386. The molecule has 0 aliphatic carbocycles. The summed E-state index contributed by atoms with van der Waals surface area (Å²) in [5.41, 5.74) is 2.30. The molecule has 2 N–H and O–H groups in total. The number of benzene rings is 1. The van der Waals surface area contributed by atoms with Gasteiger partial charge < -0.3 is 20.1 Å². The number of carbonyl (C=O) groups excluding carboxylic acids is 1. The highest BCUT2D eigenvalue weighted by molar-refractivity contribution is 5.83. The van der Waals surface area contributed by atoms with Gasteiger partial charge in [0, 0.05) is 19.8 Å². The zero-order valence-corrected chi connectivity index (χ0v) is 12.7. The molecule has 1 aromatic carbocycles. The summed E-state index contributed by atoms with van der Waals surface area (Å²) in [6.45, 7) is 6.12. The Morgan fingerprint density at radius 2 is 2.05 bits per heavy atom. The summed E-state index contributed by atoms with van der Waals surface area (Å²) in [5, 5.41) is 6.18. The second-order valence-corrected chi connectivity index (χ2v) is 4.92. The first kappa shape index (κ1) is 15.9. The fourth-order valence-corrected chi connectivity index (χ4v) is 2.56. The summed E-state index contributed by atoms with van der Waals surface area (Å²) in [7, 11) is 0. The lowest BCUT2D eigenvalue weighted by atomic mass is 9.94. The van der Waals surface area contributed by atoms with Crippen LogP contribution in [-0.2, 0) is 20.7 Å². The van der Waals surface area contributed by atoms with Crippen molar-refractivity contribution in [3.05, 3.63) is 35.4 Å². The molecular weight excluding hydrogens is 268 g/mol. The second-order valence-electron chi connectivity index (χ2n) is 4.92. The van der Waals surface area contributed by atoms with Gasteiger partial charge in [0.05, 0.1) is 6.54 Å². The third kappa shape index (κ3) is 4.27. The molecular formula is C16H24N2O3. The molecule has 5 nitrogen and oxygen atoms in total. The van der Waals surface area contributed by atoms with Crippen LogP contribution in [0.25, 0.3) is 0 Å². The number of ether oxygens (including phenoxy) is 2. The average Bonchev–Trinajstić information content (AvgIpc) is 2.52. The van der Waals surface area contributed by atoms with Crippen LogP contribution >= 0.6 is 0 Å². The van der Waals surface area contributed by atoms with E-state index in [9.17, 15) is 4.79 Å². The van der Waals surface area contributed by atoms with E-state index in [0.29, 0.717) is 19.8 Å². The Hall–Kier alpha value is -1.43. The molecule has 0 saturated heterocycles. The summed E-state index contributed by atoms with van der Waals surface area (Å²) < 4.78 is 10.9. The molecule has 1 heterocycles. The maximum Gasteiger partial charge on any atom is 0.241 e. The van der Waals surface area contributed by atoms with Crippen molar-refractivity contribution < 1.29 is 14.3 Å². The lowest BCUT2D eigenvalue weighted by molar-refractivity contribution is -0.141. The molecule has 1 aliphatic rings. The normalized spacial score (nSPS) is 17.6. The first-order chi connectivity index (χ1) is 10.3. The maximum absolute atomic E-state index is 12.4. The van der Waals surface area contributed by atoms with E-state index in [1.165, 1.54) is 5.56 Å². The quantitative estimate of drug-likeness (QED) is 0.746. The molecule has 1 aliphatic heterocycles. The Morgan fingerprint density at radius 1 is 1.33 bits per heavy atom. The molecule has 116 valence electrons. The van der Waals surface area contributed by atoms with Gasteiger partial charge in [0.25, 0.3) is 0 Å². The fourth-order valence-electron chi connectivity index (χ4n) is 2.56. The summed E-state index contributed by atoms with van der Waals surface area (Å²) in [5.74, 6) is -0.0356. The third-order valence-electron chi connectivity index (χ3n) is 3.52. The molecule has 2 rings (SSSR count). The zero-order chi connectivity index (χ0) is 15.1. The van der Waals surface area contributed by atoms with Crippen molar-refractivity contribution in [3.8, 4) is 0 Å². The van der Waals surface area contributed by atoms with Gasteiger partial charge in [-0.1, -0.05) is 24.3 Å². The predicted octanol–water partition coefficient (Wildman–Crippen LogP) is 1.39. The SMILES string of the molecule is CCOC(CNC(=O)C1NCCc2ccccc21)OCC. The highest BCUT2D eigenvalue weighted by atomic mass is 16.7. The van der Waals surface area contributed by atoms with Gasteiger partial charge >= 0.3 is 0 Å². The highest BCUT2D eigenvalue weighted by Gasteiger charge is 2.26. The molecule has 0 bridgehead atoms. The lowest BCUT2D eigenvalue weighted by Gasteiger charge is -2.27. The first-order valence-electron chi connectivity index (χ1n) is 7.58. The highest BCUT2D eigenvalue weighted by Crippen LogP contribution is 2.22. The van der Waals surface area contributed by atoms with Gasteiger partial charge in [-0.2, -0.15) is 0 Å². The summed E-state index contributed by atoms with van der Waals surface area (Å²) in [4.78, 5) is 12.4. The van der Waals surface area contributed by atoms with Crippen LogP contribution < -0.4 is 10.6 Å². The molecule has 1 aromatic rings. The van der Waals surface area contributed by atoms with Crippen LogP contribution in [0.5, 0.6) is 0 Å². The smallest absolute Gasteiger partial charge is 0.241 e. The monoisotopic (exact) mass is 292 g/mol. The van der Waals surface area contributed by atoms with Gasteiger partial charge in [-0.15, -0.1) is 0 Å². The Balaban J connectivity index is 1.95. The van der Waals surface area contributed by atoms with Crippen molar-refractivity contribution >= 4 is 5.91 Å². The van der Waals surface area contributed by atoms with Crippen molar-refractivity contribution in [2.75, 3.05) is 26.3 Å². The van der Waals surface area contributed by atoms with Crippen LogP contribution in [0, 0.1) is 0 Å². The molecule has 0 aromatic heterocycles. The van der Waals surface area contributed by atoms with Gasteiger partial charge in [-0.05, 0) is 31.4 Å². The van der Waals surface area contributed by atoms with Crippen LogP contribution in [0.2, 0.25) is 0 Å². The van der Waals surface area contributed by atoms with E-state index in [1.54, 1.807) is 0 Å². The van der Waals surface area contributed by atoms with E-state index in [4.69, 9.17) is 9.47 Å². The van der Waals surface area contributed by atoms with Crippen molar-refractivity contribution in [2.45, 2.75) is 32.6 Å². The Labute approximate surface area is 126 Å². The van der Waals surface area contributed by atoms with E-state index >= 15 is 0 Å². The Morgan fingerprint density at radius 3 is 2.76 bits per heavy atom. The van der Waals surface area contributed by atoms with Crippen LogP contribution in [0.1, 0.15) is 31.0 Å². The maximum atomic E-state index is 12.4. The number of nitrogens with one attached hydrogen (secondary N) is 2. The van der Waals surface area contributed by atoms with Crippen molar-refractivity contribution in [1.29, 1.82) is 0 Å². The van der Waals surface area contributed by atoms with Crippen LogP contribution in [0.4, 0.5) is 0 Å². The van der Waals surface area contributed by atoms with Gasteiger partial charge in [-0.25, -0.2) is 0 Å². The summed E-state index contributed by atoms with van der Waals surface area (Å²) in [6.07, 6.45) is 0.572. The Kier molecular flexibility index (Phi) is 6.17. The largest absolute Gasteiger partial charge is 0.351 e. The minimum absolute atomic E-state index is 0.0356.